The molecule has 0 radical (unpaired) electrons. The van der Waals surface area contributed by atoms with Gasteiger partial charge in [-0.25, -0.2) is 4.98 Å². The van der Waals surface area contributed by atoms with Gasteiger partial charge in [0.05, 0.1) is 5.01 Å². The van der Waals surface area contributed by atoms with Crippen molar-refractivity contribution in [1.29, 1.82) is 0 Å². The van der Waals surface area contributed by atoms with Gasteiger partial charge in [-0.3, -0.25) is 0 Å². The number of aromatic nitrogens is 1. The summed E-state index contributed by atoms with van der Waals surface area (Å²) in [6, 6.07) is 0. The molecule has 1 aromatic heterocycles. The summed E-state index contributed by atoms with van der Waals surface area (Å²) in [5.41, 5.74) is 0. The smallest absolute Gasteiger partial charge is 0.0958 e. The number of rotatable bonds is 3. The number of hydrogen-bond donors (Lipinski definition) is 0. The van der Waals surface area contributed by atoms with Crippen LogP contribution in [0.1, 0.15) is 42.5 Å². The Balaban J connectivity index is 2.73. The lowest BCUT2D eigenvalue weighted by atomic mass is 10.1. The Labute approximate surface area is 72.5 Å². The summed E-state index contributed by atoms with van der Waals surface area (Å²) < 4.78 is 0. The van der Waals surface area contributed by atoms with Gasteiger partial charge in [0, 0.05) is 17.0 Å². The van der Waals surface area contributed by atoms with E-state index in [1.165, 1.54) is 22.7 Å². The largest absolute Gasteiger partial charge is 0.249 e. The van der Waals surface area contributed by atoms with Gasteiger partial charge in [-0.15, -0.1) is 11.3 Å². The first kappa shape index (κ1) is 8.72. The molecule has 0 N–H and O–H groups in total. The van der Waals surface area contributed by atoms with Crippen LogP contribution in [0.3, 0.4) is 0 Å². The van der Waals surface area contributed by atoms with E-state index in [-0.39, 0.29) is 0 Å². The topological polar surface area (TPSA) is 12.9 Å². The van der Waals surface area contributed by atoms with Crippen LogP contribution in [-0.2, 0) is 0 Å². The minimum absolute atomic E-state index is 0.689. The van der Waals surface area contributed by atoms with Crippen molar-refractivity contribution in [3.05, 3.63) is 16.1 Å². The predicted molar refractivity (Wildman–Crippen MR) is 50.2 cm³/mol. The zero-order valence-corrected chi connectivity index (χ0v) is 8.24. The van der Waals surface area contributed by atoms with Crippen LogP contribution in [0.25, 0.3) is 0 Å². The molecule has 11 heavy (non-hydrogen) atoms. The van der Waals surface area contributed by atoms with Crippen LogP contribution < -0.4 is 0 Å². The first-order valence-corrected chi connectivity index (χ1v) is 5.01. The van der Waals surface area contributed by atoms with Crippen LogP contribution in [0.5, 0.6) is 0 Å². The summed E-state index contributed by atoms with van der Waals surface area (Å²) in [4.78, 5) is 5.70. The molecular weight excluding hydrogens is 154 g/mol. The van der Waals surface area contributed by atoms with Crippen molar-refractivity contribution in [2.24, 2.45) is 0 Å². The molecular formula is C9H15NS. The Hall–Kier alpha value is -0.370. The highest BCUT2D eigenvalue weighted by Gasteiger charge is 2.09. The Morgan fingerprint density at radius 3 is 2.45 bits per heavy atom. The standard InChI is InChI=1S/C9H15NS/c1-4-8(5-2)9-10-6-7(3)11-9/h6,8H,4-5H2,1-3H3. The highest BCUT2D eigenvalue weighted by molar-refractivity contribution is 7.11. The van der Waals surface area contributed by atoms with E-state index < -0.39 is 0 Å². The van der Waals surface area contributed by atoms with E-state index in [0.717, 1.165) is 0 Å². The molecule has 0 atom stereocenters. The minimum atomic E-state index is 0.689. The first-order chi connectivity index (χ1) is 5.27. The Morgan fingerprint density at radius 2 is 2.09 bits per heavy atom. The maximum absolute atomic E-state index is 4.38. The lowest BCUT2D eigenvalue weighted by Crippen LogP contribution is -1.92. The van der Waals surface area contributed by atoms with Crippen LogP contribution in [0.15, 0.2) is 6.20 Å². The monoisotopic (exact) mass is 169 g/mol. The molecule has 1 nitrogen and oxygen atoms in total. The minimum Gasteiger partial charge on any atom is -0.249 e. The molecule has 0 aliphatic heterocycles. The van der Waals surface area contributed by atoms with Gasteiger partial charge >= 0.3 is 0 Å². The van der Waals surface area contributed by atoms with E-state index in [2.05, 4.69) is 25.8 Å². The zero-order valence-electron chi connectivity index (χ0n) is 7.42. The summed E-state index contributed by atoms with van der Waals surface area (Å²) in [5, 5.41) is 1.31. The molecule has 62 valence electrons. The van der Waals surface area contributed by atoms with Crippen molar-refractivity contribution in [3.8, 4) is 0 Å². The van der Waals surface area contributed by atoms with Crippen molar-refractivity contribution >= 4 is 11.3 Å². The second-order valence-corrected chi connectivity index (χ2v) is 4.09. The summed E-state index contributed by atoms with van der Waals surface area (Å²) in [6.45, 7) is 6.57. The summed E-state index contributed by atoms with van der Waals surface area (Å²) in [6.07, 6.45) is 4.39. The van der Waals surface area contributed by atoms with E-state index >= 15 is 0 Å². The molecule has 0 aliphatic rings. The summed E-state index contributed by atoms with van der Waals surface area (Å²) in [5.74, 6) is 0.689. The van der Waals surface area contributed by atoms with Crippen molar-refractivity contribution in [1.82, 2.24) is 4.98 Å². The Kier molecular flexibility index (Phi) is 3.06. The molecule has 0 amide bonds. The molecule has 1 heterocycles. The van der Waals surface area contributed by atoms with Crippen LogP contribution in [0, 0.1) is 6.92 Å². The molecule has 1 rings (SSSR count). The van der Waals surface area contributed by atoms with Crippen LogP contribution in [0.2, 0.25) is 0 Å². The maximum Gasteiger partial charge on any atom is 0.0958 e. The molecule has 0 saturated carbocycles. The molecule has 0 aliphatic carbocycles. The zero-order chi connectivity index (χ0) is 8.27. The molecule has 1 aromatic rings. The third kappa shape index (κ3) is 2.03. The first-order valence-electron chi connectivity index (χ1n) is 4.20. The summed E-state index contributed by atoms with van der Waals surface area (Å²) in [7, 11) is 0. The predicted octanol–water partition coefficient (Wildman–Crippen LogP) is 3.36. The fourth-order valence-electron chi connectivity index (χ4n) is 1.20. The van der Waals surface area contributed by atoms with Crippen molar-refractivity contribution in [2.45, 2.75) is 39.5 Å². The van der Waals surface area contributed by atoms with Crippen LogP contribution in [-0.4, -0.2) is 4.98 Å². The fraction of sp³-hybridized carbons (Fsp3) is 0.667. The molecule has 0 bridgehead atoms. The number of hydrogen-bond acceptors (Lipinski definition) is 2. The second-order valence-electron chi connectivity index (χ2n) is 2.82. The summed E-state index contributed by atoms with van der Waals surface area (Å²) >= 11 is 1.83. The third-order valence-electron chi connectivity index (χ3n) is 1.97. The second kappa shape index (κ2) is 3.86. The van der Waals surface area contributed by atoms with Gasteiger partial charge in [0.2, 0.25) is 0 Å². The maximum atomic E-state index is 4.38. The van der Waals surface area contributed by atoms with Crippen LogP contribution in [0.4, 0.5) is 0 Å². The molecule has 0 spiro atoms. The van der Waals surface area contributed by atoms with Gasteiger partial charge in [-0.05, 0) is 19.8 Å². The van der Waals surface area contributed by atoms with Crippen molar-refractivity contribution < 1.29 is 0 Å². The molecule has 0 fully saturated rings. The van der Waals surface area contributed by atoms with E-state index in [0.29, 0.717) is 5.92 Å². The van der Waals surface area contributed by atoms with E-state index in [4.69, 9.17) is 0 Å². The highest BCUT2D eigenvalue weighted by atomic mass is 32.1. The van der Waals surface area contributed by atoms with Gasteiger partial charge in [-0.1, -0.05) is 13.8 Å². The number of nitrogens with zero attached hydrogens (tertiary/aromatic N) is 1. The molecule has 0 unspecified atom stereocenters. The van der Waals surface area contributed by atoms with Crippen LogP contribution >= 0.6 is 11.3 Å². The normalized spacial score (nSPS) is 10.9. The Morgan fingerprint density at radius 1 is 1.45 bits per heavy atom. The quantitative estimate of drug-likeness (QED) is 0.676. The number of aryl methyl sites for hydroxylation is 1. The van der Waals surface area contributed by atoms with Crippen molar-refractivity contribution in [2.75, 3.05) is 0 Å². The molecule has 2 heteroatoms. The lowest BCUT2D eigenvalue weighted by Gasteiger charge is -2.06. The fourth-order valence-corrected chi connectivity index (χ4v) is 2.24. The SMILES string of the molecule is CCC(CC)c1ncc(C)s1. The van der Waals surface area contributed by atoms with Gasteiger partial charge in [0.15, 0.2) is 0 Å². The van der Waals surface area contributed by atoms with E-state index in [1.807, 2.05) is 17.5 Å². The van der Waals surface area contributed by atoms with Crippen molar-refractivity contribution in [3.63, 3.8) is 0 Å². The van der Waals surface area contributed by atoms with Gasteiger partial charge < -0.3 is 0 Å². The highest BCUT2D eigenvalue weighted by Crippen LogP contribution is 2.26. The van der Waals surface area contributed by atoms with E-state index in [1.54, 1.807) is 0 Å². The molecule has 0 saturated heterocycles. The van der Waals surface area contributed by atoms with E-state index in [9.17, 15) is 0 Å². The van der Waals surface area contributed by atoms with Gasteiger partial charge in [0.25, 0.3) is 0 Å². The molecule has 0 aromatic carbocycles. The number of thiazole rings is 1. The van der Waals surface area contributed by atoms with Gasteiger partial charge in [-0.2, -0.15) is 0 Å². The average molecular weight is 169 g/mol. The average Bonchev–Trinajstić information content (AvgIpc) is 2.39. The Bertz CT molecular complexity index is 213. The van der Waals surface area contributed by atoms with Gasteiger partial charge in [0.1, 0.15) is 0 Å². The third-order valence-corrected chi connectivity index (χ3v) is 3.05. The lowest BCUT2D eigenvalue weighted by molar-refractivity contribution is 0.637.